The minimum absolute atomic E-state index is 0.119. The van der Waals surface area contributed by atoms with Crippen molar-refractivity contribution >= 4 is 22.0 Å². The summed E-state index contributed by atoms with van der Waals surface area (Å²) in [6, 6.07) is 4.10. The van der Waals surface area contributed by atoms with Gasteiger partial charge in [-0.25, -0.2) is 9.37 Å². The normalized spacial score (nSPS) is 11.3. The molecular formula is C10H5FN2O2. The SMILES string of the molecule is O=c1[nH]c2ccc(F)cc2c2ncoc12. The highest BCUT2D eigenvalue weighted by Gasteiger charge is 2.09. The van der Waals surface area contributed by atoms with Crippen LogP contribution in [-0.2, 0) is 0 Å². The van der Waals surface area contributed by atoms with Crippen molar-refractivity contribution < 1.29 is 8.81 Å². The van der Waals surface area contributed by atoms with E-state index in [1.54, 1.807) is 0 Å². The van der Waals surface area contributed by atoms with Gasteiger partial charge in [0.05, 0.1) is 5.52 Å². The van der Waals surface area contributed by atoms with E-state index in [0.29, 0.717) is 16.4 Å². The molecule has 3 rings (SSSR count). The number of pyridine rings is 1. The molecule has 3 aromatic rings. The number of nitrogens with one attached hydrogen (secondary N) is 1. The van der Waals surface area contributed by atoms with Crippen LogP contribution in [0, 0.1) is 5.82 Å². The van der Waals surface area contributed by atoms with E-state index in [9.17, 15) is 9.18 Å². The van der Waals surface area contributed by atoms with E-state index in [0.717, 1.165) is 0 Å². The number of hydrogen-bond acceptors (Lipinski definition) is 3. The van der Waals surface area contributed by atoms with Crippen molar-refractivity contribution in [2.24, 2.45) is 0 Å². The molecule has 0 saturated heterocycles. The summed E-state index contributed by atoms with van der Waals surface area (Å²) in [6.45, 7) is 0. The van der Waals surface area contributed by atoms with Crippen molar-refractivity contribution in [3.05, 3.63) is 40.8 Å². The van der Waals surface area contributed by atoms with E-state index in [-0.39, 0.29) is 17.0 Å². The van der Waals surface area contributed by atoms with E-state index in [2.05, 4.69) is 9.97 Å². The Morgan fingerprint density at radius 3 is 3.13 bits per heavy atom. The lowest BCUT2D eigenvalue weighted by Gasteiger charge is -1.97. The molecule has 1 N–H and O–H groups in total. The third-order valence-corrected chi connectivity index (χ3v) is 2.26. The van der Waals surface area contributed by atoms with Crippen LogP contribution in [-0.4, -0.2) is 9.97 Å². The molecule has 2 heterocycles. The monoisotopic (exact) mass is 204 g/mol. The maximum atomic E-state index is 13.0. The minimum atomic E-state index is -0.376. The molecule has 0 aliphatic heterocycles. The number of halogens is 1. The maximum absolute atomic E-state index is 13.0. The van der Waals surface area contributed by atoms with Gasteiger partial charge in [-0.3, -0.25) is 4.79 Å². The number of hydrogen-bond donors (Lipinski definition) is 1. The Morgan fingerprint density at radius 1 is 1.40 bits per heavy atom. The Hall–Kier alpha value is -2.17. The predicted octanol–water partition coefficient (Wildman–Crippen LogP) is 1.81. The summed E-state index contributed by atoms with van der Waals surface area (Å²) in [7, 11) is 0. The molecule has 1 aromatic carbocycles. The Labute approximate surface area is 82.4 Å². The number of H-pyrrole nitrogens is 1. The molecule has 74 valence electrons. The van der Waals surface area contributed by atoms with Crippen LogP contribution in [0.5, 0.6) is 0 Å². The van der Waals surface area contributed by atoms with Gasteiger partial charge in [0.2, 0.25) is 5.58 Å². The van der Waals surface area contributed by atoms with Crippen LogP contribution in [0.3, 0.4) is 0 Å². The fourth-order valence-corrected chi connectivity index (χ4v) is 1.60. The van der Waals surface area contributed by atoms with E-state index in [1.807, 2.05) is 0 Å². The van der Waals surface area contributed by atoms with Gasteiger partial charge in [-0.15, -0.1) is 0 Å². The number of aromatic amines is 1. The summed E-state index contributed by atoms with van der Waals surface area (Å²) in [6.07, 6.45) is 1.17. The Kier molecular flexibility index (Phi) is 1.45. The van der Waals surface area contributed by atoms with Gasteiger partial charge in [-0.2, -0.15) is 0 Å². The van der Waals surface area contributed by atoms with E-state index < -0.39 is 0 Å². The van der Waals surface area contributed by atoms with E-state index >= 15 is 0 Å². The molecule has 0 radical (unpaired) electrons. The standard InChI is InChI=1S/C10H5FN2O2/c11-5-1-2-7-6(3-5)8-9(10(14)13-7)15-4-12-8/h1-4H,(H,13,14). The van der Waals surface area contributed by atoms with Crippen LogP contribution in [0.4, 0.5) is 4.39 Å². The molecular weight excluding hydrogens is 199 g/mol. The highest BCUT2D eigenvalue weighted by Crippen LogP contribution is 2.20. The zero-order chi connectivity index (χ0) is 10.4. The van der Waals surface area contributed by atoms with Gasteiger partial charge >= 0.3 is 0 Å². The summed E-state index contributed by atoms with van der Waals surface area (Å²) in [4.78, 5) is 17.9. The highest BCUT2D eigenvalue weighted by molar-refractivity contribution is 6.00. The third-order valence-electron chi connectivity index (χ3n) is 2.26. The molecule has 4 nitrogen and oxygen atoms in total. The van der Waals surface area contributed by atoms with Gasteiger partial charge in [-0.05, 0) is 18.2 Å². The Morgan fingerprint density at radius 2 is 2.27 bits per heavy atom. The van der Waals surface area contributed by atoms with Crippen molar-refractivity contribution in [2.45, 2.75) is 0 Å². The maximum Gasteiger partial charge on any atom is 0.293 e. The number of nitrogens with zero attached hydrogens (tertiary/aromatic N) is 1. The lowest BCUT2D eigenvalue weighted by molar-refractivity contribution is 0.598. The second-order valence-electron chi connectivity index (χ2n) is 3.17. The second kappa shape index (κ2) is 2.66. The quantitative estimate of drug-likeness (QED) is 0.607. The van der Waals surface area contributed by atoms with Crippen molar-refractivity contribution in [1.29, 1.82) is 0 Å². The van der Waals surface area contributed by atoms with Gasteiger partial charge in [0.1, 0.15) is 11.3 Å². The first-order chi connectivity index (χ1) is 7.25. The third kappa shape index (κ3) is 1.06. The van der Waals surface area contributed by atoms with E-state index in [1.165, 1.54) is 24.6 Å². The topological polar surface area (TPSA) is 58.9 Å². The summed E-state index contributed by atoms with van der Waals surface area (Å²) in [5.41, 5.74) is 0.686. The molecule has 2 aromatic heterocycles. The van der Waals surface area contributed by atoms with Crippen LogP contribution in [0.2, 0.25) is 0 Å². The van der Waals surface area contributed by atoms with Crippen molar-refractivity contribution in [1.82, 2.24) is 9.97 Å². The Bertz CT molecular complexity index is 714. The van der Waals surface area contributed by atoms with Gasteiger partial charge in [0, 0.05) is 5.39 Å². The molecule has 5 heteroatoms. The highest BCUT2D eigenvalue weighted by atomic mass is 19.1. The van der Waals surface area contributed by atoms with Gasteiger partial charge in [0.25, 0.3) is 5.56 Å². The number of fused-ring (bicyclic) bond motifs is 3. The fraction of sp³-hybridized carbons (Fsp3) is 0. The van der Waals surface area contributed by atoms with Gasteiger partial charge < -0.3 is 9.40 Å². The molecule has 0 fully saturated rings. The fourth-order valence-electron chi connectivity index (χ4n) is 1.60. The van der Waals surface area contributed by atoms with Gasteiger partial charge in [-0.1, -0.05) is 0 Å². The van der Waals surface area contributed by atoms with Crippen LogP contribution >= 0.6 is 0 Å². The average Bonchev–Trinajstić information content (AvgIpc) is 2.69. The zero-order valence-electron chi connectivity index (χ0n) is 7.45. The average molecular weight is 204 g/mol. The molecule has 0 amide bonds. The van der Waals surface area contributed by atoms with Crippen LogP contribution in [0.1, 0.15) is 0 Å². The molecule has 0 atom stereocenters. The molecule has 0 aliphatic rings. The number of aromatic nitrogens is 2. The Balaban J connectivity index is 2.67. The summed E-state index contributed by atoms with van der Waals surface area (Å²) in [5, 5.41) is 0.540. The largest absolute Gasteiger partial charge is 0.438 e. The first-order valence-corrected chi connectivity index (χ1v) is 4.30. The predicted molar refractivity (Wildman–Crippen MR) is 52.1 cm³/mol. The lowest BCUT2D eigenvalue weighted by Crippen LogP contribution is -2.05. The molecule has 0 aliphatic carbocycles. The summed E-state index contributed by atoms with van der Waals surface area (Å²) in [5.74, 6) is -0.376. The number of oxazole rings is 1. The van der Waals surface area contributed by atoms with Gasteiger partial charge in [0.15, 0.2) is 6.39 Å². The minimum Gasteiger partial charge on any atom is -0.438 e. The molecule has 0 spiro atoms. The van der Waals surface area contributed by atoms with Crippen LogP contribution in [0.25, 0.3) is 22.0 Å². The van der Waals surface area contributed by atoms with Crippen molar-refractivity contribution in [2.75, 3.05) is 0 Å². The molecule has 0 unspecified atom stereocenters. The number of benzene rings is 1. The zero-order valence-corrected chi connectivity index (χ0v) is 7.45. The number of rotatable bonds is 0. The van der Waals surface area contributed by atoms with Crippen molar-refractivity contribution in [3.63, 3.8) is 0 Å². The van der Waals surface area contributed by atoms with E-state index in [4.69, 9.17) is 4.42 Å². The second-order valence-corrected chi connectivity index (χ2v) is 3.17. The van der Waals surface area contributed by atoms with Crippen LogP contribution < -0.4 is 5.56 Å². The smallest absolute Gasteiger partial charge is 0.293 e. The molecule has 15 heavy (non-hydrogen) atoms. The lowest BCUT2D eigenvalue weighted by atomic mass is 10.2. The summed E-state index contributed by atoms with van der Waals surface area (Å²) >= 11 is 0. The molecule has 0 saturated carbocycles. The molecule has 0 bridgehead atoms. The van der Waals surface area contributed by atoms with Crippen LogP contribution in [0.15, 0.2) is 33.8 Å². The summed E-state index contributed by atoms with van der Waals surface area (Å²) < 4.78 is 17.9. The first kappa shape index (κ1) is 8.16. The first-order valence-electron chi connectivity index (χ1n) is 4.30. The van der Waals surface area contributed by atoms with Crippen molar-refractivity contribution in [3.8, 4) is 0 Å².